The van der Waals surface area contributed by atoms with Gasteiger partial charge in [-0.2, -0.15) is 0 Å². The van der Waals surface area contributed by atoms with Crippen LogP contribution in [0.1, 0.15) is 37.7 Å². The first-order chi connectivity index (χ1) is 8.08. The molecule has 0 aliphatic carbocycles. The first-order valence-corrected chi connectivity index (χ1v) is 5.95. The molecule has 1 unspecified atom stereocenters. The molecule has 0 fully saturated rings. The Kier molecular flexibility index (Phi) is 4.87. The second-order valence-electron chi connectivity index (χ2n) is 4.19. The van der Waals surface area contributed by atoms with Crippen LogP contribution in [0.3, 0.4) is 0 Å². The summed E-state index contributed by atoms with van der Waals surface area (Å²) in [5, 5.41) is 0. The van der Waals surface area contributed by atoms with Crippen molar-refractivity contribution in [1.29, 1.82) is 0 Å². The number of nitrogen functional groups attached to an aromatic ring is 1. The Labute approximate surface area is 102 Å². The molecular weight excluding hydrogens is 216 g/mol. The van der Waals surface area contributed by atoms with Gasteiger partial charge >= 0.3 is 0 Å². The Morgan fingerprint density at radius 2 is 2.18 bits per heavy atom. The number of hydrogen-bond acceptors (Lipinski definition) is 4. The van der Waals surface area contributed by atoms with Crippen molar-refractivity contribution in [1.82, 2.24) is 14.9 Å². The Balaban J connectivity index is 2.79. The largest absolute Gasteiger partial charge is 0.382 e. The van der Waals surface area contributed by atoms with Gasteiger partial charge < -0.3 is 10.6 Å². The van der Waals surface area contributed by atoms with Crippen molar-refractivity contribution < 1.29 is 4.79 Å². The van der Waals surface area contributed by atoms with Gasteiger partial charge in [-0.15, -0.1) is 0 Å². The Bertz CT molecular complexity index is 381. The lowest BCUT2D eigenvalue weighted by molar-refractivity contribution is 0.0734. The summed E-state index contributed by atoms with van der Waals surface area (Å²) in [7, 11) is 0. The van der Waals surface area contributed by atoms with Crippen LogP contribution in [-0.2, 0) is 0 Å². The van der Waals surface area contributed by atoms with Gasteiger partial charge in [0.15, 0.2) is 0 Å². The van der Waals surface area contributed by atoms with Crippen molar-refractivity contribution in [2.45, 2.75) is 27.2 Å². The molecule has 0 aromatic carbocycles. The second kappa shape index (κ2) is 6.18. The molecule has 5 nitrogen and oxygen atoms in total. The number of nitrogens with two attached hydrogens (primary N) is 1. The van der Waals surface area contributed by atoms with E-state index in [1.165, 1.54) is 12.4 Å². The minimum absolute atomic E-state index is 0.104. The zero-order valence-corrected chi connectivity index (χ0v) is 10.7. The van der Waals surface area contributed by atoms with Crippen LogP contribution in [0.5, 0.6) is 0 Å². The topological polar surface area (TPSA) is 72.1 Å². The lowest BCUT2D eigenvalue weighted by Gasteiger charge is -2.23. The highest BCUT2D eigenvalue weighted by molar-refractivity contribution is 5.92. The molecule has 94 valence electrons. The third-order valence-corrected chi connectivity index (χ3v) is 2.77. The molecule has 0 radical (unpaired) electrons. The van der Waals surface area contributed by atoms with Crippen molar-refractivity contribution in [2.75, 3.05) is 18.8 Å². The highest BCUT2D eigenvalue weighted by Crippen LogP contribution is 2.08. The number of carbonyl (C=O) groups is 1. The molecule has 0 aliphatic rings. The van der Waals surface area contributed by atoms with E-state index in [1.54, 1.807) is 4.90 Å². The van der Waals surface area contributed by atoms with Crippen molar-refractivity contribution in [3.8, 4) is 0 Å². The summed E-state index contributed by atoms with van der Waals surface area (Å²) in [6.45, 7) is 7.60. The fourth-order valence-electron chi connectivity index (χ4n) is 1.51. The molecule has 2 N–H and O–H groups in total. The number of carbonyl (C=O) groups excluding carboxylic acids is 1. The summed E-state index contributed by atoms with van der Waals surface area (Å²) >= 11 is 0. The summed E-state index contributed by atoms with van der Waals surface area (Å²) in [5.74, 6) is 0.649. The third-order valence-electron chi connectivity index (χ3n) is 2.77. The van der Waals surface area contributed by atoms with E-state index in [0.717, 1.165) is 13.0 Å². The quantitative estimate of drug-likeness (QED) is 0.842. The van der Waals surface area contributed by atoms with Crippen LogP contribution >= 0.6 is 0 Å². The first-order valence-electron chi connectivity index (χ1n) is 5.95. The maximum absolute atomic E-state index is 12.1. The van der Waals surface area contributed by atoms with Crippen LogP contribution in [0, 0.1) is 5.92 Å². The number of rotatable bonds is 5. The van der Waals surface area contributed by atoms with Gasteiger partial charge in [0.1, 0.15) is 11.5 Å². The summed E-state index contributed by atoms with van der Waals surface area (Å²) in [4.78, 5) is 21.8. The van der Waals surface area contributed by atoms with Crippen LogP contribution in [0.2, 0.25) is 0 Å². The minimum Gasteiger partial charge on any atom is -0.382 e. The highest BCUT2D eigenvalue weighted by atomic mass is 16.2. The zero-order valence-electron chi connectivity index (χ0n) is 10.7. The van der Waals surface area contributed by atoms with Gasteiger partial charge in [-0.3, -0.25) is 9.78 Å². The molecule has 0 bridgehead atoms. The average molecular weight is 236 g/mol. The molecule has 1 amide bonds. The van der Waals surface area contributed by atoms with E-state index in [2.05, 4.69) is 23.8 Å². The number of aromatic nitrogens is 2. The molecule has 17 heavy (non-hydrogen) atoms. The fourth-order valence-corrected chi connectivity index (χ4v) is 1.51. The molecule has 5 heteroatoms. The van der Waals surface area contributed by atoms with Gasteiger partial charge in [0, 0.05) is 13.1 Å². The van der Waals surface area contributed by atoms with Crippen molar-refractivity contribution in [3.05, 3.63) is 18.1 Å². The third kappa shape index (κ3) is 3.69. The Hall–Kier alpha value is -1.65. The summed E-state index contributed by atoms with van der Waals surface area (Å²) < 4.78 is 0. The van der Waals surface area contributed by atoms with E-state index in [-0.39, 0.29) is 11.7 Å². The molecule has 1 aromatic heterocycles. The van der Waals surface area contributed by atoms with E-state index < -0.39 is 0 Å². The second-order valence-corrected chi connectivity index (χ2v) is 4.19. The molecule has 0 saturated carbocycles. The van der Waals surface area contributed by atoms with E-state index in [0.29, 0.717) is 18.2 Å². The van der Waals surface area contributed by atoms with Crippen LogP contribution in [0.25, 0.3) is 0 Å². The van der Waals surface area contributed by atoms with Crippen molar-refractivity contribution >= 4 is 11.7 Å². The predicted molar refractivity (Wildman–Crippen MR) is 67.5 cm³/mol. The maximum atomic E-state index is 12.1. The molecule has 1 atom stereocenters. The number of anilines is 1. The summed E-state index contributed by atoms with van der Waals surface area (Å²) in [6, 6.07) is 0. The Morgan fingerprint density at radius 3 is 2.71 bits per heavy atom. The average Bonchev–Trinajstić information content (AvgIpc) is 2.34. The normalized spacial score (nSPS) is 12.2. The van der Waals surface area contributed by atoms with Gasteiger partial charge in [-0.1, -0.05) is 20.3 Å². The molecule has 0 spiro atoms. The van der Waals surface area contributed by atoms with Gasteiger partial charge in [-0.05, 0) is 12.8 Å². The zero-order chi connectivity index (χ0) is 12.8. The first kappa shape index (κ1) is 13.4. The lowest BCUT2D eigenvalue weighted by atomic mass is 10.1. The molecular formula is C12H20N4O. The molecule has 1 aromatic rings. The van der Waals surface area contributed by atoms with Gasteiger partial charge in [0.25, 0.3) is 5.91 Å². The monoisotopic (exact) mass is 236 g/mol. The van der Waals surface area contributed by atoms with Crippen LogP contribution < -0.4 is 5.73 Å². The number of hydrogen-bond donors (Lipinski definition) is 1. The summed E-state index contributed by atoms with van der Waals surface area (Å²) in [5.41, 5.74) is 5.84. The summed E-state index contributed by atoms with van der Waals surface area (Å²) in [6.07, 6.45) is 3.94. The van der Waals surface area contributed by atoms with Crippen molar-refractivity contribution in [2.24, 2.45) is 5.92 Å². The minimum atomic E-state index is -0.104. The van der Waals surface area contributed by atoms with Crippen LogP contribution in [0.15, 0.2) is 12.4 Å². The molecule has 0 saturated heterocycles. The van der Waals surface area contributed by atoms with E-state index in [9.17, 15) is 4.79 Å². The van der Waals surface area contributed by atoms with Gasteiger partial charge in [0.05, 0.1) is 12.4 Å². The van der Waals surface area contributed by atoms with Gasteiger partial charge in [0.2, 0.25) is 0 Å². The number of nitrogens with zero attached hydrogens (tertiary/aromatic N) is 3. The SMILES string of the molecule is CCC(C)CN(CC)C(=O)c1cncc(N)n1. The smallest absolute Gasteiger partial charge is 0.274 e. The van der Waals surface area contributed by atoms with Crippen molar-refractivity contribution in [3.63, 3.8) is 0 Å². The van der Waals surface area contributed by atoms with E-state index >= 15 is 0 Å². The molecule has 1 heterocycles. The number of amides is 1. The van der Waals surface area contributed by atoms with Gasteiger partial charge in [-0.25, -0.2) is 4.98 Å². The highest BCUT2D eigenvalue weighted by Gasteiger charge is 2.17. The fraction of sp³-hybridized carbons (Fsp3) is 0.583. The van der Waals surface area contributed by atoms with Crippen LogP contribution in [-0.4, -0.2) is 33.9 Å². The lowest BCUT2D eigenvalue weighted by Crippen LogP contribution is -2.35. The molecule has 1 rings (SSSR count). The predicted octanol–water partition coefficient (Wildman–Crippen LogP) is 1.57. The standard InChI is InChI=1S/C12H20N4O/c1-4-9(3)8-16(5-2)12(17)10-6-14-7-11(13)15-10/h6-7,9H,4-5,8H2,1-3H3,(H2,13,15). The van der Waals surface area contributed by atoms with Crippen LogP contribution in [0.4, 0.5) is 5.82 Å². The Morgan fingerprint density at radius 1 is 1.47 bits per heavy atom. The maximum Gasteiger partial charge on any atom is 0.274 e. The van der Waals surface area contributed by atoms with E-state index in [1.807, 2.05) is 6.92 Å². The molecule has 0 aliphatic heterocycles. The van der Waals surface area contributed by atoms with E-state index in [4.69, 9.17) is 5.73 Å².